The van der Waals surface area contributed by atoms with Crippen molar-refractivity contribution >= 4 is 11.5 Å². The molecule has 1 aliphatic carbocycles. The number of nitrogens with zero attached hydrogens (tertiary/aromatic N) is 1. The lowest BCUT2D eigenvalue weighted by Crippen LogP contribution is -2.35. The van der Waals surface area contributed by atoms with Crippen LogP contribution in [0.3, 0.4) is 0 Å². The molecule has 4 rings (SSSR count). The molecule has 1 N–H and O–H groups in total. The Morgan fingerprint density at radius 1 is 1.24 bits per heavy atom. The largest absolute Gasteiger partial charge is 0.347 e. The second kappa shape index (κ2) is 6.51. The van der Waals surface area contributed by atoms with E-state index in [1.165, 1.54) is 36.1 Å². The van der Waals surface area contributed by atoms with E-state index in [2.05, 4.69) is 41.9 Å². The number of amides is 1. The van der Waals surface area contributed by atoms with Crippen LogP contribution in [0.5, 0.6) is 0 Å². The van der Waals surface area contributed by atoms with Gasteiger partial charge in [0.1, 0.15) is 0 Å². The smallest absolute Gasteiger partial charge is 0.224 e. The topological polar surface area (TPSA) is 34.0 Å². The Morgan fingerprint density at radius 2 is 2.12 bits per heavy atom. The highest BCUT2D eigenvalue weighted by atomic mass is 16.1. The minimum absolute atomic E-state index is 0.167. The second-order valence-electron chi connectivity index (χ2n) is 7.92. The van der Waals surface area contributed by atoms with Gasteiger partial charge in [-0.05, 0) is 62.7 Å². The van der Waals surface area contributed by atoms with E-state index in [1.807, 2.05) is 0 Å². The monoisotopic (exact) mass is 338 g/mol. The van der Waals surface area contributed by atoms with Gasteiger partial charge in [0.25, 0.3) is 0 Å². The maximum absolute atomic E-state index is 12.5. The highest BCUT2D eigenvalue weighted by molar-refractivity contribution is 5.84. The summed E-state index contributed by atoms with van der Waals surface area (Å²) in [6, 6.07) is 2.46. The number of aryl methyl sites for hydroxylation is 1. The molecule has 0 saturated heterocycles. The molecular weight excluding hydrogens is 308 g/mol. The Hall–Kier alpha value is -1.77. The number of hydrogen-bond acceptors (Lipinski definition) is 1. The fraction of sp³-hybridized carbons (Fsp3) is 0.591. The molecule has 0 bridgehead atoms. The van der Waals surface area contributed by atoms with E-state index in [9.17, 15) is 4.79 Å². The zero-order valence-corrected chi connectivity index (χ0v) is 15.7. The molecule has 0 unspecified atom stereocenters. The van der Waals surface area contributed by atoms with Crippen LogP contribution in [0.2, 0.25) is 0 Å². The molecule has 1 aromatic rings. The van der Waals surface area contributed by atoms with Crippen LogP contribution in [0.1, 0.15) is 82.2 Å². The summed E-state index contributed by atoms with van der Waals surface area (Å²) >= 11 is 0. The van der Waals surface area contributed by atoms with Crippen LogP contribution in [0, 0.1) is 0 Å². The van der Waals surface area contributed by atoms with Crippen LogP contribution in [0.25, 0.3) is 5.57 Å². The molecule has 3 nitrogen and oxygen atoms in total. The summed E-state index contributed by atoms with van der Waals surface area (Å²) < 4.78 is 2.63. The summed E-state index contributed by atoms with van der Waals surface area (Å²) in [6.45, 7) is 5.73. The molecule has 25 heavy (non-hydrogen) atoms. The van der Waals surface area contributed by atoms with Crippen molar-refractivity contribution in [2.45, 2.75) is 83.6 Å². The van der Waals surface area contributed by atoms with Crippen molar-refractivity contribution in [1.82, 2.24) is 9.88 Å². The standard InChI is InChI=1S/C22H30N2O/c1-3-8-16-15-18-17-9-5-6-10-19(17)23-20(25)11-13-22(4-2)12-7-14-24(16)21(18)22/h6,10,15H,3-5,7-9,11-14H2,1-2H3,(H,23,25)/t22-/m0/s1. The molecule has 1 atom stereocenters. The lowest BCUT2D eigenvalue weighted by atomic mass is 9.70. The number of nitrogens with one attached hydrogen (secondary N) is 1. The van der Waals surface area contributed by atoms with Crippen molar-refractivity contribution in [3.05, 3.63) is 40.9 Å². The normalized spacial score (nSPS) is 25.6. The van der Waals surface area contributed by atoms with E-state index in [1.54, 1.807) is 5.69 Å². The summed E-state index contributed by atoms with van der Waals surface area (Å²) in [5, 5.41) is 3.21. The fourth-order valence-corrected chi connectivity index (χ4v) is 5.21. The first kappa shape index (κ1) is 16.7. The Morgan fingerprint density at radius 3 is 2.92 bits per heavy atom. The summed E-state index contributed by atoms with van der Waals surface area (Å²) in [6.07, 6.45) is 14.0. The van der Waals surface area contributed by atoms with Crippen molar-refractivity contribution in [2.75, 3.05) is 0 Å². The van der Waals surface area contributed by atoms with E-state index in [0.717, 1.165) is 44.3 Å². The van der Waals surface area contributed by atoms with Gasteiger partial charge in [-0.2, -0.15) is 0 Å². The molecule has 0 radical (unpaired) electrons. The van der Waals surface area contributed by atoms with Gasteiger partial charge in [-0.3, -0.25) is 4.79 Å². The van der Waals surface area contributed by atoms with Crippen LogP contribution in [0.4, 0.5) is 0 Å². The van der Waals surface area contributed by atoms with Crippen LogP contribution >= 0.6 is 0 Å². The van der Waals surface area contributed by atoms with Gasteiger partial charge in [0.15, 0.2) is 0 Å². The van der Waals surface area contributed by atoms with Crippen molar-refractivity contribution in [2.24, 2.45) is 0 Å². The van der Waals surface area contributed by atoms with Gasteiger partial charge in [0, 0.05) is 41.0 Å². The van der Waals surface area contributed by atoms with Crippen molar-refractivity contribution in [3.8, 4) is 0 Å². The lowest BCUT2D eigenvalue weighted by molar-refractivity contribution is -0.120. The summed E-state index contributed by atoms with van der Waals surface area (Å²) in [7, 11) is 0. The molecule has 1 aromatic heterocycles. The van der Waals surface area contributed by atoms with E-state index in [-0.39, 0.29) is 11.3 Å². The fourth-order valence-electron chi connectivity index (χ4n) is 5.21. The molecule has 3 heterocycles. The number of carbonyl (C=O) groups excluding carboxylic acids is 1. The predicted octanol–water partition coefficient (Wildman–Crippen LogP) is 4.85. The highest BCUT2D eigenvalue weighted by Gasteiger charge is 2.40. The van der Waals surface area contributed by atoms with Gasteiger partial charge in [0.05, 0.1) is 0 Å². The molecule has 2 aliphatic heterocycles. The first-order valence-electron chi connectivity index (χ1n) is 10.1. The molecule has 0 aromatic carbocycles. The SMILES string of the molecule is CCCc1cc2c3n1CCC[C@@]3(CC)CCC(=O)NC1=C2CCC=C1. The lowest BCUT2D eigenvalue weighted by Gasteiger charge is -2.39. The average molecular weight is 338 g/mol. The zero-order chi connectivity index (χ0) is 17.4. The molecule has 3 aliphatic rings. The van der Waals surface area contributed by atoms with Crippen molar-refractivity contribution < 1.29 is 4.79 Å². The van der Waals surface area contributed by atoms with Crippen LogP contribution < -0.4 is 5.32 Å². The Bertz CT molecular complexity index is 752. The van der Waals surface area contributed by atoms with E-state index >= 15 is 0 Å². The van der Waals surface area contributed by atoms with Crippen molar-refractivity contribution in [1.29, 1.82) is 0 Å². The predicted molar refractivity (Wildman–Crippen MR) is 102 cm³/mol. The first-order chi connectivity index (χ1) is 12.2. The maximum atomic E-state index is 12.5. The van der Waals surface area contributed by atoms with Gasteiger partial charge >= 0.3 is 0 Å². The van der Waals surface area contributed by atoms with Gasteiger partial charge in [-0.15, -0.1) is 0 Å². The third-order valence-electron chi connectivity index (χ3n) is 6.51. The van der Waals surface area contributed by atoms with Gasteiger partial charge in [-0.25, -0.2) is 0 Å². The van der Waals surface area contributed by atoms with Crippen molar-refractivity contribution in [3.63, 3.8) is 0 Å². The number of fused-ring (bicyclic) bond motifs is 1. The quantitative estimate of drug-likeness (QED) is 0.839. The van der Waals surface area contributed by atoms with Crippen LogP contribution in [0.15, 0.2) is 23.9 Å². The minimum Gasteiger partial charge on any atom is -0.347 e. The summed E-state index contributed by atoms with van der Waals surface area (Å²) in [5.41, 5.74) is 7.06. The molecule has 0 saturated carbocycles. The van der Waals surface area contributed by atoms with Gasteiger partial charge < -0.3 is 9.88 Å². The summed E-state index contributed by atoms with van der Waals surface area (Å²) in [4.78, 5) is 12.5. The number of allylic oxidation sites excluding steroid dienone is 3. The average Bonchev–Trinajstić information content (AvgIpc) is 3.01. The zero-order valence-electron chi connectivity index (χ0n) is 15.7. The van der Waals surface area contributed by atoms with E-state index in [4.69, 9.17) is 0 Å². The molecular formula is C22H30N2O. The Kier molecular flexibility index (Phi) is 4.35. The minimum atomic E-state index is 0.167. The molecule has 0 spiro atoms. The summed E-state index contributed by atoms with van der Waals surface area (Å²) in [5.74, 6) is 0.183. The first-order valence-corrected chi connectivity index (χ1v) is 10.1. The highest BCUT2D eigenvalue weighted by Crippen LogP contribution is 2.47. The van der Waals surface area contributed by atoms with Gasteiger partial charge in [-0.1, -0.05) is 26.3 Å². The Balaban J connectivity index is 1.98. The molecule has 0 fully saturated rings. The number of carbonyl (C=O) groups is 1. The number of rotatable bonds is 3. The third-order valence-corrected chi connectivity index (χ3v) is 6.51. The second-order valence-corrected chi connectivity index (χ2v) is 7.92. The number of hydrogen-bond donors (Lipinski definition) is 1. The molecule has 134 valence electrons. The van der Waals surface area contributed by atoms with E-state index in [0.29, 0.717) is 6.42 Å². The third kappa shape index (κ3) is 2.68. The number of aromatic nitrogens is 1. The molecule has 3 heteroatoms. The van der Waals surface area contributed by atoms with E-state index < -0.39 is 0 Å². The maximum Gasteiger partial charge on any atom is 0.224 e. The van der Waals surface area contributed by atoms with Crippen LogP contribution in [-0.4, -0.2) is 10.5 Å². The van der Waals surface area contributed by atoms with Gasteiger partial charge in [0.2, 0.25) is 5.91 Å². The molecule has 1 amide bonds. The van der Waals surface area contributed by atoms with Crippen LogP contribution in [-0.2, 0) is 23.2 Å². The Labute approximate surface area is 151 Å².